The van der Waals surface area contributed by atoms with Gasteiger partial charge < -0.3 is 15.6 Å². The van der Waals surface area contributed by atoms with E-state index in [4.69, 9.17) is 28.9 Å². The number of hydrogen-bond donors (Lipinski definition) is 2. The lowest BCUT2D eigenvalue weighted by Crippen LogP contribution is -2.56. The predicted molar refractivity (Wildman–Crippen MR) is 81.7 cm³/mol. The number of carbonyl (C=O) groups is 1. The smallest absolute Gasteiger partial charge is 0.280 e. The number of likely N-dealkylation sites (tertiary alicyclic amines) is 1. The van der Waals surface area contributed by atoms with Crippen molar-refractivity contribution in [1.29, 1.82) is 0 Å². The third-order valence-electron chi connectivity index (χ3n) is 3.95. The van der Waals surface area contributed by atoms with Crippen molar-refractivity contribution in [3.05, 3.63) is 33.7 Å². The Hall–Kier alpha value is -1.44. The molecule has 1 aliphatic rings. The molecule has 1 unspecified atom stereocenters. The number of benzene rings is 1. The van der Waals surface area contributed by atoms with Crippen LogP contribution in [-0.2, 0) is 0 Å². The maximum Gasteiger partial charge on any atom is 0.280 e. The van der Waals surface area contributed by atoms with Crippen molar-refractivity contribution >= 4 is 40.0 Å². The van der Waals surface area contributed by atoms with Crippen LogP contribution in [0.4, 0.5) is 13.2 Å². The number of H-pyrrole nitrogens is 1. The van der Waals surface area contributed by atoms with Crippen molar-refractivity contribution in [2.75, 3.05) is 13.1 Å². The molecule has 1 aromatic carbocycles. The zero-order chi connectivity index (χ0) is 16.9. The molecule has 124 valence electrons. The second kappa shape index (κ2) is 5.58. The van der Waals surface area contributed by atoms with Gasteiger partial charge in [0.25, 0.3) is 11.8 Å². The number of aromatic amines is 1. The molecule has 1 saturated heterocycles. The van der Waals surface area contributed by atoms with E-state index < -0.39 is 30.2 Å². The molecule has 1 amide bonds. The van der Waals surface area contributed by atoms with Gasteiger partial charge in [0, 0.05) is 17.4 Å². The van der Waals surface area contributed by atoms with Gasteiger partial charge in [-0.25, -0.2) is 13.2 Å². The quantitative estimate of drug-likeness (QED) is 0.813. The molecule has 23 heavy (non-hydrogen) atoms. The summed E-state index contributed by atoms with van der Waals surface area (Å²) in [7, 11) is 0. The topological polar surface area (TPSA) is 62.1 Å². The number of halogens is 5. The van der Waals surface area contributed by atoms with E-state index >= 15 is 0 Å². The minimum absolute atomic E-state index is 0.0219. The molecule has 2 heterocycles. The van der Waals surface area contributed by atoms with Gasteiger partial charge in [-0.2, -0.15) is 0 Å². The third kappa shape index (κ3) is 2.66. The van der Waals surface area contributed by atoms with Crippen LogP contribution in [0.25, 0.3) is 10.9 Å². The Morgan fingerprint density at radius 1 is 1.35 bits per heavy atom. The van der Waals surface area contributed by atoms with Crippen molar-refractivity contribution < 1.29 is 18.0 Å². The Kier molecular flexibility index (Phi) is 3.98. The van der Waals surface area contributed by atoms with Crippen LogP contribution in [0.15, 0.2) is 12.1 Å². The molecule has 9 heteroatoms. The highest BCUT2D eigenvalue weighted by Crippen LogP contribution is 2.36. The highest BCUT2D eigenvalue weighted by Gasteiger charge is 2.44. The van der Waals surface area contributed by atoms with Gasteiger partial charge in [0.2, 0.25) is 0 Å². The molecule has 1 atom stereocenters. The molecule has 3 N–H and O–H groups in total. The number of aromatic nitrogens is 1. The fraction of sp³-hybridized carbons (Fsp3) is 0.357. The fourth-order valence-corrected chi connectivity index (χ4v) is 3.25. The summed E-state index contributed by atoms with van der Waals surface area (Å²) in [5.74, 6) is -4.56. The molecule has 1 aromatic heterocycles. The van der Waals surface area contributed by atoms with E-state index in [1.54, 1.807) is 0 Å². The molecule has 0 saturated carbocycles. The minimum Gasteiger partial charge on any atom is -0.349 e. The highest BCUT2D eigenvalue weighted by molar-refractivity contribution is 6.44. The first kappa shape index (κ1) is 16.4. The normalized spacial score (nSPS) is 21.0. The molecular weight excluding hydrogens is 354 g/mol. The van der Waals surface area contributed by atoms with Gasteiger partial charge in [-0.15, -0.1) is 0 Å². The van der Waals surface area contributed by atoms with Crippen LogP contribution in [-0.4, -0.2) is 40.8 Å². The molecule has 1 fully saturated rings. The Bertz CT molecular complexity index is 793. The van der Waals surface area contributed by atoms with E-state index in [1.807, 2.05) is 0 Å². The van der Waals surface area contributed by atoms with Crippen molar-refractivity contribution in [1.82, 2.24) is 9.88 Å². The summed E-state index contributed by atoms with van der Waals surface area (Å²) in [6.07, 6.45) is -0.0219. The lowest BCUT2D eigenvalue weighted by atomic mass is 10.0. The molecule has 2 aromatic rings. The lowest BCUT2D eigenvalue weighted by molar-refractivity contribution is -0.0715. The number of nitrogens with two attached hydrogens (primary N) is 1. The average molecular weight is 366 g/mol. The summed E-state index contributed by atoms with van der Waals surface area (Å²) >= 11 is 12.0. The zero-order valence-corrected chi connectivity index (χ0v) is 13.2. The van der Waals surface area contributed by atoms with E-state index in [0.29, 0.717) is 5.52 Å². The van der Waals surface area contributed by atoms with E-state index in [-0.39, 0.29) is 34.1 Å². The van der Waals surface area contributed by atoms with Crippen LogP contribution in [0.1, 0.15) is 16.9 Å². The largest absolute Gasteiger partial charge is 0.349 e. The van der Waals surface area contributed by atoms with Gasteiger partial charge >= 0.3 is 0 Å². The van der Waals surface area contributed by atoms with Crippen LogP contribution in [0.3, 0.4) is 0 Å². The number of alkyl halides is 2. The van der Waals surface area contributed by atoms with Gasteiger partial charge in [0.05, 0.1) is 22.6 Å². The molecule has 0 radical (unpaired) electrons. The van der Waals surface area contributed by atoms with Crippen LogP contribution >= 0.6 is 23.2 Å². The number of carbonyl (C=O) groups excluding carboxylic acids is 1. The number of amides is 1. The standard InChI is InChI=1S/C14H12Cl2F3N3O/c15-10-6(17)1-2-7-9(10)11(16)12(21-7)13(23)22-4-3-8(20)14(18,19)5-22/h1-2,8,21H,3-5,20H2. The second-order valence-electron chi connectivity index (χ2n) is 5.48. The Morgan fingerprint density at radius 3 is 2.70 bits per heavy atom. The van der Waals surface area contributed by atoms with Gasteiger partial charge in [-0.1, -0.05) is 23.2 Å². The first-order chi connectivity index (χ1) is 10.7. The number of nitrogens with one attached hydrogen (secondary N) is 1. The van der Waals surface area contributed by atoms with Crippen molar-refractivity contribution in [3.63, 3.8) is 0 Å². The van der Waals surface area contributed by atoms with E-state index in [9.17, 15) is 18.0 Å². The number of rotatable bonds is 1. The minimum atomic E-state index is -3.17. The van der Waals surface area contributed by atoms with Gasteiger partial charge in [-0.05, 0) is 18.6 Å². The summed E-state index contributed by atoms with van der Waals surface area (Å²) in [6.45, 7) is -0.704. The van der Waals surface area contributed by atoms with E-state index in [1.165, 1.54) is 6.07 Å². The highest BCUT2D eigenvalue weighted by atomic mass is 35.5. The summed E-state index contributed by atoms with van der Waals surface area (Å²) < 4.78 is 41.0. The molecule has 0 bridgehead atoms. The third-order valence-corrected chi connectivity index (χ3v) is 4.70. The fourth-order valence-electron chi connectivity index (χ4n) is 2.62. The Morgan fingerprint density at radius 2 is 2.04 bits per heavy atom. The molecular formula is C14H12Cl2F3N3O. The van der Waals surface area contributed by atoms with E-state index in [2.05, 4.69) is 4.98 Å². The SMILES string of the molecule is NC1CCN(C(=O)c2[nH]c3ccc(F)c(Cl)c3c2Cl)CC1(F)F. The number of fused-ring (bicyclic) bond motifs is 1. The number of nitrogens with zero attached hydrogens (tertiary/aromatic N) is 1. The zero-order valence-electron chi connectivity index (χ0n) is 11.7. The van der Waals surface area contributed by atoms with Crippen LogP contribution in [0, 0.1) is 5.82 Å². The van der Waals surface area contributed by atoms with Crippen molar-refractivity contribution in [3.8, 4) is 0 Å². The average Bonchev–Trinajstić information content (AvgIpc) is 2.83. The monoisotopic (exact) mass is 365 g/mol. The van der Waals surface area contributed by atoms with Gasteiger partial charge in [-0.3, -0.25) is 4.79 Å². The van der Waals surface area contributed by atoms with Crippen LogP contribution < -0.4 is 5.73 Å². The molecule has 0 aliphatic carbocycles. The summed E-state index contributed by atoms with van der Waals surface area (Å²) in [5, 5.41) is -0.168. The van der Waals surface area contributed by atoms with Crippen molar-refractivity contribution in [2.24, 2.45) is 5.73 Å². The molecule has 3 rings (SSSR count). The predicted octanol–water partition coefficient (Wildman–Crippen LogP) is 3.42. The van der Waals surface area contributed by atoms with Crippen molar-refractivity contribution in [2.45, 2.75) is 18.4 Å². The van der Waals surface area contributed by atoms with E-state index in [0.717, 1.165) is 11.0 Å². The number of hydrogen-bond acceptors (Lipinski definition) is 2. The van der Waals surface area contributed by atoms with Gasteiger partial charge in [0.15, 0.2) is 0 Å². The summed E-state index contributed by atoms with van der Waals surface area (Å²) in [5.41, 5.74) is 5.62. The van der Waals surface area contributed by atoms with Crippen LogP contribution in [0.2, 0.25) is 10.0 Å². The maximum atomic E-state index is 13.7. The van der Waals surface area contributed by atoms with Gasteiger partial charge in [0.1, 0.15) is 11.5 Å². The number of piperidine rings is 1. The maximum absolute atomic E-state index is 13.7. The summed E-state index contributed by atoms with van der Waals surface area (Å²) in [4.78, 5) is 16.2. The first-order valence-corrected chi connectivity index (χ1v) is 7.56. The Balaban J connectivity index is 1.99. The molecule has 1 aliphatic heterocycles. The first-order valence-electron chi connectivity index (χ1n) is 6.80. The second-order valence-corrected chi connectivity index (χ2v) is 6.24. The summed E-state index contributed by atoms with van der Waals surface area (Å²) in [6, 6.07) is 1.22. The Labute approximate surface area is 139 Å². The van der Waals surface area contributed by atoms with Crippen LogP contribution in [0.5, 0.6) is 0 Å². The lowest BCUT2D eigenvalue weighted by Gasteiger charge is -2.36. The molecule has 0 spiro atoms. The molecule has 4 nitrogen and oxygen atoms in total.